The molecule has 1 aliphatic carbocycles. The van der Waals surface area contributed by atoms with E-state index in [1.54, 1.807) is 12.1 Å². The van der Waals surface area contributed by atoms with Crippen LogP contribution in [0, 0.1) is 5.92 Å². The summed E-state index contributed by atoms with van der Waals surface area (Å²) in [6.07, 6.45) is 6.75. The number of benzene rings is 1. The Kier molecular flexibility index (Phi) is 4.90. The maximum Gasteiger partial charge on any atom is 0.227 e. The first kappa shape index (κ1) is 14.7. The lowest BCUT2D eigenvalue weighted by molar-refractivity contribution is -0.120. The summed E-state index contributed by atoms with van der Waals surface area (Å²) in [5, 5.41) is 3.34. The van der Waals surface area contributed by atoms with Gasteiger partial charge in [0.2, 0.25) is 5.91 Å². The third-order valence-electron chi connectivity index (χ3n) is 3.37. The third kappa shape index (κ3) is 3.25. The summed E-state index contributed by atoms with van der Waals surface area (Å²) >= 11 is 6.04. The summed E-state index contributed by atoms with van der Waals surface area (Å²) in [6, 6.07) is 3.31. The Morgan fingerprint density at radius 3 is 2.60 bits per heavy atom. The molecule has 20 heavy (non-hydrogen) atoms. The molecule has 2 rings (SSSR count). The fourth-order valence-electron chi connectivity index (χ4n) is 2.22. The van der Waals surface area contributed by atoms with Crippen LogP contribution in [0.3, 0.4) is 0 Å². The van der Waals surface area contributed by atoms with Gasteiger partial charge >= 0.3 is 0 Å². The molecule has 108 valence electrons. The Hall–Kier alpha value is -1.68. The number of nitrogens with one attached hydrogen (secondary N) is 1. The maximum atomic E-state index is 12.2. The standard InChI is InChI=1S/C15H18ClNO3/c1-19-13-9-12(14(20-2)8-11(13)16)17-15(18)10-6-4-3-5-7-10/h3-4,8-10H,5-7H2,1-2H3,(H,17,18)/t10-/m0/s1. The van der Waals surface area contributed by atoms with Gasteiger partial charge in [-0.05, 0) is 19.3 Å². The second kappa shape index (κ2) is 6.66. The molecule has 0 aliphatic heterocycles. The van der Waals surface area contributed by atoms with Crippen molar-refractivity contribution >= 4 is 23.2 Å². The monoisotopic (exact) mass is 295 g/mol. The first-order valence-corrected chi connectivity index (χ1v) is 6.91. The number of halogens is 1. The zero-order chi connectivity index (χ0) is 14.5. The molecule has 1 amide bonds. The van der Waals surface area contributed by atoms with Gasteiger partial charge in [-0.3, -0.25) is 4.79 Å². The van der Waals surface area contributed by atoms with E-state index >= 15 is 0 Å². The van der Waals surface area contributed by atoms with E-state index in [4.69, 9.17) is 21.1 Å². The number of rotatable bonds is 4. The van der Waals surface area contributed by atoms with E-state index in [9.17, 15) is 4.79 Å². The van der Waals surface area contributed by atoms with Gasteiger partial charge in [0.05, 0.1) is 24.9 Å². The summed E-state index contributed by atoms with van der Waals surface area (Å²) in [4.78, 5) is 12.2. The summed E-state index contributed by atoms with van der Waals surface area (Å²) in [7, 11) is 3.07. The smallest absolute Gasteiger partial charge is 0.227 e. The normalized spacial score (nSPS) is 17.6. The number of carbonyl (C=O) groups is 1. The number of carbonyl (C=O) groups excluding carboxylic acids is 1. The van der Waals surface area contributed by atoms with Crippen LogP contribution in [0.15, 0.2) is 24.3 Å². The van der Waals surface area contributed by atoms with E-state index in [1.165, 1.54) is 14.2 Å². The number of methoxy groups -OCH3 is 2. The van der Waals surface area contributed by atoms with E-state index in [-0.39, 0.29) is 11.8 Å². The zero-order valence-electron chi connectivity index (χ0n) is 11.6. The van der Waals surface area contributed by atoms with Crippen molar-refractivity contribution in [3.8, 4) is 11.5 Å². The van der Waals surface area contributed by atoms with Crippen LogP contribution < -0.4 is 14.8 Å². The van der Waals surface area contributed by atoms with Gasteiger partial charge in [0, 0.05) is 18.1 Å². The Balaban J connectivity index is 2.19. The summed E-state index contributed by atoms with van der Waals surface area (Å²) in [6.45, 7) is 0. The highest BCUT2D eigenvalue weighted by Crippen LogP contribution is 2.36. The van der Waals surface area contributed by atoms with Crippen LogP contribution in [-0.2, 0) is 4.79 Å². The van der Waals surface area contributed by atoms with Crippen molar-refractivity contribution in [1.29, 1.82) is 0 Å². The third-order valence-corrected chi connectivity index (χ3v) is 3.67. The molecule has 0 fully saturated rings. The van der Waals surface area contributed by atoms with Crippen molar-refractivity contribution in [3.05, 3.63) is 29.3 Å². The van der Waals surface area contributed by atoms with Crippen molar-refractivity contribution in [1.82, 2.24) is 0 Å². The first-order chi connectivity index (χ1) is 9.65. The number of allylic oxidation sites excluding steroid dienone is 2. The van der Waals surface area contributed by atoms with Gasteiger partial charge in [-0.2, -0.15) is 0 Å². The highest BCUT2D eigenvalue weighted by molar-refractivity contribution is 6.32. The minimum Gasteiger partial charge on any atom is -0.495 e. The fraction of sp³-hybridized carbons (Fsp3) is 0.400. The van der Waals surface area contributed by atoms with E-state index < -0.39 is 0 Å². The summed E-state index contributed by atoms with van der Waals surface area (Å²) in [5.74, 6) is 1.03. The lowest BCUT2D eigenvalue weighted by atomic mass is 9.93. The Morgan fingerprint density at radius 1 is 1.25 bits per heavy atom. The molecule has 0 bridgehead atoms. The summed E-state index contributed by atoms with van der Waals surface area (Å²) < 4.78 is 10.4. The molecule has 0 aromatic heterocycles. The van der Waals surface area contributed by atoms with Crippen LogP contribution in [0.5, 0.6) is 11.5 Å². The molecule has 0 saturated heterocycles. The maximum absolute atomic E-state index is 12.2. The van der Waals surface area contributed by atoms with Crippen molar-refractivity contribution < 1.29 is 14.3 Å². The zero-order valence-corrected chi connectivity index (χ0v) is 12.4. The van der Waals surface area contributed by atoms with E-state index in [2.05, 4.69) is 11.4 Å². The molecule has 4 nitrogen and oxygen atoms in total. The van der Waals surface area contributed by atoms with Gasteiger partial charge in [-0.1, -0.05) is 23.8 Å². The number of ether oxygens (including phenoxy) is 2. The molecule has 1 aromatic rings. The van der Waals surface area contributed by atoms with Gasteiger partial charge in [0.25, 0.3) is 0 Å². The molecule has 0 spiro atoms. The fourth-order valence-corrected chi connectivity index (χ4v) is 2.46. The van der Waals surface area contributed by atoms with Crippen LogP contribution in [0.4, 0.5) is 5.69 Å². The number of amides is 1. The molecule has 0 saturated carbocycles. The van der Waals surface area contributed by atoms with Crippen LogP contribution in [0.25, 0.3) is 0 Å². The van der Waals surface area contributed by atoms with Crippen LogP contribution in [-0.4, -0.2) is 20.1 Å². The van der Waals surface area contributed by atoms with Gasteiger partial charge in [0.15, 0.2) is 0 Å². The molecule has 0 radical (unpaired) electrons. The topological polar surface area (TPSA) is 47.6 Å². The summed E-state index contributed by atoms with van der Waals surface area (Å²) in [5.41, 5.74) is 0.577. The van der Waals surface area contributed by atoms with Crippen molar-refractivity contribution in [2.75, 3.05) is 19.5 Å². The van der Waals surface area contributed by atoms with E-state index in [0.717, 1.165) is 19.3 Å². The lowest BCUT2D eigenvalue weighted by Gasteiger charge is -2.19. The van der Waals surface area contributed by atoms with Gasteiger partial charge < -0.3 is 14.8 Å². The number of hydrogen-bond donors (Lipinski definition) is 1. The molecule has 0 unspecified atom stereocenters. The van der Waals surface area contributed by atoms with Crippen LogP contribution >= 0.6 is 11.6 Å². The van der Waals surface area contributed by atoms with Crippen molar-refractivity contribution in [2.45, 2.75) is 19.3 Å². The van der Waals surface area contributed by atoms with Crippen molar-refractivity contribution in [3.63, 3.8) is 0 Å². The molecule has 1 aliphatic rings. The lowest BCUT2D eigenvalue weighted by Crippen LogP contribution is -2.23. The Labute approximate surface area is 123 Å². The largest absolute Gasteiger partial charge is 0.495 e. The minimum atomic E-state index is -0.00275. The van der Waals surface area contributed by atoms with Gasteiger partial charge in [-0.25, -0.2) is 0 Å². The second-order valence-corrected chi connectivity index (χ2v) is 5.06. The SMILES string of the molecule is COc1cc(NC(=O)[C@H]2CC=CCC2)c(OC)cc1Cl. The molecular weight excluding hydrogens is 278 g/mol. The van der Waals surface area contributed by atoms with E-state index in [1.807, 2.05) is 6.08 Å². The van der Waals surface area contributed by atoms with Crippen LogP contribution in [0.1, 0.15) is 19.3 Å². The van der Waals surface area contributed by atoms with Crippen LogP contribution in [0.2, 0.25) is 5.02 Å². The quantitative estimate of drug-likeness (QED) is 0.863. The molecule has 1 atom stereocenters. The average Bonchev–Trinajstić information content (AvgIpc) is 2.49. The minimum absolute atomic E-state index is 0.00275. The Morgan fingerprint density at radius 2 is 2.00 bits per heavy atom. The highest BCUT2D eigenvalue weighted by Gasteiger charge is 2.20. The predicted molar refractivity (Wildman–Crippen MR) is 79.7 cm³/mol. The van der Waals surface area contributed by atoms with E-state index in [0.29, 0.717) is 22.2 Å². The Bertz CT molecular complexity index is 528. The molecule has 1 N–H and O–H groups in total. The molecular formula is C15H18ClNO3. The second-order valence-electron chi connectivity index (χ2n) is 4.66. The number of anilines is 1. The molecule has 0 heterocycles. The average molecular weight is 296 g/mol. The predicted octanol–water partition coefficient (Wildman–Crippen LogP) is 3.65. The molecule has 5 heteroatoms. The van der Waals surface area contributed by atoms with Gasteiger partial charge in [-0.15, -0.1) is 0 Å². The highest BCUT2D eigenvalue weighted by atomic mass is 35.5. The molecule has 1 aromatic carbocycles. The van der Waals surface area contributed by atoms with Crippen molar-refractivity contribution in [2.24, 2.45) is 5.92 Å². The number of hydrogen-bond acceptors (Lipinski definition) is 3. The first-order valence-electron chi connectivity index (χ1n) is 6.53. The van der Waals surface area contributed by atoms with Gasteiger partial charge in [0.1, 0.15) is 11.5 Å².